The summed E-state index contributed by atoms with van der Waals surface area (Å²) in [6.07, 6.45) is 0. The van der Waals surface area contributed by atoms with E-state index in [0.29, 0.717) is 0 Å². The van der Waals surface area contributed by atoms with Gasteiger partial charge < -0.3 is 16.3 Å². The Morgan fingerprint density at radius 2 is 1.86 bits per heavy atom. The summed E-state index contributed by atoms with van der Waals surface area (Å²) < 4.78 is 0. The van der Waals surface area contributed by atoms with Gasteiger partial charge in [0.25, 0.3) is 0 Å². The Morgan fingerprint density at radius 1 is 1.71 bits per heavy atom. The molecule has 4 N–H and O–H groups in total. The largest absolute Gasteiger partial charge is 1.00 e. The minimum Gasteiger partial charge on any atom is -0.870 e. The van der Waals surface area contributed by atoms with E-state index in [1.54, 1.807) is 0 Å². The standard InChI is InChI=1S/C2H5NO2.Li.H2O/c3-1-2(4)5;;/h1,3H2,(H,4,5);;1H2/q;+1;/p-1. The van der Waals surface area contributed by atoms with Crippen LogP contribution in [-0.4, -0.2) is 23.1 Å². The monoisotopic (exact) mass is 99.1 g/mol. The number of carboxylic acids is 1. The Morgan fingerprint density at radius 3 is 1.86 bits per heavy atom. The molecule has 0 aromatic rings. The van der Waals surface area contributed by atoms with E-state index >= 15 is 0 Å². The molecule has 0 bridgehead atoms. The molecule has 0 aliphatic rings. The van der Waals surface area contributed by atoms with Crippen LogP contribution in [0.4, 0.5) is 0 Å². The summed E-state index contributed by atoms with van der Waals surface area (Å²) in [5, 5.41) is 7.60. The zero-order valence-corrected chi connectivity index (χ0v) is 4.09. The van der Waals surface area contributed by atoms with Crippen LogP contribution in [0, 0.1) is 0 Å². The Balaban J connectivity index is -0.0000000800. The molecule has 0 aliphatic heterocycles. The van der Waals surface area contributed by atoms with Crippen molar-refractivity contribution in [2.24, 2.45) is 5.73 Å². The summed E-state index contributed by atoms with van der Waals surface area (Å²) in [6.45, 7) is -0.278. The molecule has 5 heteroatoms. The first kappa shape index (κ1) is 15.8. The maximum absolute atomic E-state index is 9.24. The van der Waals surface area contributed by atoms with Crippen LogP contribution < -0.4 is 24.6 Å². The molecule has 0 heterocycles. The maximum atomic E-state index is 9.24. The van der Waals surface area contributed by atoms with Crippen molar-refractivity contribution in [1.82, 2.24) is 0 Å². The molecule has 0 fully saturated rings. The van der Waals surface area contributed by atoms with Crippen molar-refractivity contribution in [3.63, 3.8) is 0 Å². The second-order valence-electron chi connectivity index (χ2n) is 0.598. The average molecular weight is 99.0 g/mol. The topological polar surface area (TPSA) is 93.3 Å². The molecule has 0 saturated heterocycles. The fourth-order valence-corrected chi connectivity index (χ4v) is 0. The maximum Gasteiger partial charge on any atom is 1.00 e. The molecule has 0 aromatic carbocycles. The second kappa shape index (κ2) is 9.37. The number of rotatable bonds is 1. The summed E-state index contributed by atoms with van der Waals surface area (Å²) in [5.74, 6) is -0.968. The van der Waals surface area contributed by atoms with Gasteiger partial charge in [0.2, 0.25) is 0 Å². The fourth-order valence-electron chi connectivity index (χ4n) is 0. The van der Waals surface area contributed by atoms with E-state index in [9.17, 15) is 4.79 Å². The van der Waals surface area contributed by atoms with E-state index in [1.807, 2.05) is 0 Å². The minimum absolute atomic E-state index is 0. The van der Waals surface area contributed by atoms with Crippen LogP contribution in [0.2, 0.25) is 0 Å². The summed E-state index contributed by atoms with van der Waals surface area (Å²) in [6, 6.07) is 0. The van der Waals surface area contributed by atoms with E-state index in [1.165, 1.54) is 0 Å². The molecule has 0 saturated carbocycles. The number of hydrogen-bond donors (Lipinski definition) is 2. The van der Waals surface area contributed by atoms with Crippen molar-refractivity contribution in [2.45, 2.75) is 0 Å². The number of aliphatic carboxylic acids is 1. The van der Waals surface area contributed by atoms with Crippen molar-refractivity contribution in [1.29, 1.82) is 0 Å². The first-order valence-corrected chi connectivity index (χ1v) is 1.19. The van der Waals surface area contributed by atoms with Gasteiger partial charge in [-0.3, -0.25) is 4.79 Å². The van der Waals surface area contributed by atoms with Crippen molar-refractivity contribution < 1.29 is 34.2 Å². The van der Waals surface area contributed by atoms with Crippen LogP contribution in [0.25, 0.3) is 0 Å². The van der Waals surface area contributed by atoms with Crippen LogP contribution in [0.5, 0.6) is 0 Å². The Labute approximate surface area is 53.2 Å². The molecule has 4 nitrogen and oxygen atoms in total. The first-order chi connectivity index (χ1) is 2.27. The summed E-state index contributed by atoms with van der Waals surface area (Å²) in [7, 11) is 0. The molecule has 0 unspecified atom stereocenters. The second-order valence-corrected chi connectivity index (χ2v) is 0.598. The fraction of sp³-hybridized carbons (Fsp3) is 0.500. The normalized spacial score (nSPS) is 5.29. The molecular weight excluding hydrogens is 93.0 g/mol. The first-order valence-electron chi connectivity index (χ1n) is 1.19. The van der Waals surface area contributed by atoms with Gasteiger partial charge in [0, 0.05) is 0 Å². The van der Waals surface area contributed by atoms with Crippen molar-refractivity contribution in [3.8, 4) is 0 Å². The van der Waals surface area contributed by atoms with Gasteiger partial charge in [-0.2, -0.15) is 0 Å². The Hall–Kier alpha value is -0.0126. The molecule has 0 spiro atoms. The molecule has 0 atom stereocenters. The van der Waals surface area contributed by atoms with Crippen LogP contribution >= 0.6 is 0 Å². The van der Waals surface area contributed by atoms with Gasteiger partial charge in [0.1, 0.15) is 0 Å². The molecule has 0 aliphatic carbocycles. The smallest absolute Gasteiger partial charge is 0.870 e. The van der Waals surface area contributed by atoms with Crippen LogP contribution in [0.15, 0.2) is 0 Å². The molecule has 7 heavy (non-hydrogen) atoms. The third-order valence-corrected chi connectivity index (χ3v) is 0.175. The predicted octanol–water partition coefficient (Wildman–Crippen LogP) is -4.14. The van der Waals surface area contributed by atoms with E-state index in [4.69, 9.17) is 5.11 Å². The average Bonchev–Trinajstić information content (AvgIpc) is 1.38. The summed E-state index contributed by atoms with van der Waals surface area (Å²) in [5.41, 5.74) is 4.57. The van der Waals surface area contributed by atoms with Crippen molar-refractivity contribution >= 4 is 5.97 Å². The van der Waals surface area contributed by atoms with E-state index in [2.05, 4.69) is 5.73 Å². The van der Waals surface area contributed by atoms with Crippen LogP contribution in [0.1, 0.15) is 0 Å². The SMILES string of the molecule is NCC(=O)O.[Li+].[OH-]. The zero-order chi connectivity index (χ0) is 4.28. The number of hydrogen-bond acceptors (Lipinski definition) is 3. The van der Waals surface area contributed by atoms with E-state index in [0.717, 1.165) is 0 Å². The Bertz CT molecular complexity index is 48.2. The van der Waals surface area contributed by atoms with Gasteiger partial charge in [-0.15, -0.1) is 0 Å². The summed E-state index contributed by atoms with van der Waals surface area (Å²) in [4.78, 5) is 9.24. The number of nitrogens with two attached hydrogens (primary N) is 1. The van der Waals surface area contributed by atoms with Gasteiger partial charge in [-0.05, 0) is 0 Å². The molecule has 38 valence electrons. The number of carboxylic acid groups (broad SMARTS) is 1. The van der Waals surface area contributed by atoms with Crippen LogP contribution in [-0.2, 0) is 4.79 Å². The Kier molecular flexibility index (Phi) is 21.1. The molecule has 0 amide bonds. The summed E-state index contributed by atoms with van der Waals surface area (Å²) >= 11 is 0. The molecular formula is C2H6LiNO3. The van der Waals surface area contributed by atoms with E-state index < -0.39 is 5.97 Å². The number of carbonyl (C=O) groups is 1. The quantitative estimate of drug-likeness (QED) is 0.326. The zero-order valence-electron chi connectivity index (χ0n) is 4.09. The van der Waals surface area contributed by atoms with E-state index in [-0.39, 0.29) is 30.9 Å². The molecule has 0 aromatic heterocycles. The van der Waals surface area contributed by atoms with Crippen molar-refractivity contribution in [3.05, 3.63) is 0 Å². The van der Waals surface area contributed by atoms with Gasteiger partial charge >= 0.3 is 24.8 Å². The molecule has 0 radical (unpaired) electrons. The third-order valence-electron chi connectivity index (χ3n) is 0.175. The van der Waals surface area contributed by atoms with Gasteiger partial charge in [-0.25, -0.2) is 0 Å². The van der Waals surface area contributed by atoms with Crippen molar-refractivity contribution in [2.75, 3.05) is 6.54 Å². The van der Waals surface area contributed by atoms with Gasteiger partial charge in [0.15, 0.2) is 0 Å². The van der Waals surface area contributed by atoms with Gasteiger partial charge in [0.05, 0.1) is 6.54 Å². The van der Waals surface area contributed by atoms with Crippen LogP contribution in [0.3, 0.4) is 0 Å². The third kappa shape index (κ3) is 24.1. The molecule has 0 rings (SSSR count). The predicted molar refractivity (Wildman–Crippen MR) is 18.6 cm³/mol. The van der Waals surface area contributed by atoms with Gasteiger partial charge in [-0.1, -0.05) is 0 Å². The minimum atomic E-state index is -0.968.